The molecule has 44 heavy (non-hydrogen) atoms. The highest BCUT2D eigenvalue weighted by Crippen LogP contribution is 2.31. The molecule has 232 valence electrons. The molecule has 5 aromatic rings. The normalized spacial score (nSPS) is 15.5. The molecule has 0 saturated carbocycles. The molecule has 5 heterocycles. The number of piperidine rings is 1. The third kappa shape index (κ3) is 7.61. The number of likely N-dealkylation sites (tertiary alicyclic amines) is 1. The number of aryl methyl sites for hydroxylation is 2. The van der Waals surface area contributed by atoms with Crippen LogP contribution in [0.5, 0.6) is 0 Å². The average Bonchev–Trinajstić information content (AvgIpc) is 3.73. The smallest absolute Gasteiger partial charge is 0.329 e. The van der Waals surface area contributed by atoms with Gasteiger partial charge in [0.25, 0.3) is 0 Å². The molecule has 0 aliphatic carbocycles. The van der Waals surface area contributed by atoms with E-state index in [0.717, 1.165) is 83.3 Å². The number of nitrogens with one attached hydrogen (secondary N) is 2. The zero-order valence-electron chi connectivity index (χ0n) is 24.7. The van der Waals surface area contributed by atoms with Crippen LogP contribution in [0.25, 0.3) is 16.9 Å². The highest BCUT2D eigenvalue weighted by molar-refractivity contribution is 7.10. The number of imidazole rings is 1. The van der Waals surface area contributed by atoms with Crippen molar-refractivity contribution in [3.8, 4) is 11.3 Å². The number of carbonyl (C=O) groups excluding carboxylic acids is 1. The second-order valence-corrected chi connectivity index (χ2v) is 11.6. The van der Waals surface area contributed by atoms with E-state index in [-0.39, 0.29) is 5.69 Å². The number of nitrogens with zero attached hydrogens (tertiary/aromatic N) is 7. The van der Waals surface area contributed by atoms with E-state index in [9.17, 15) is 18.0 Å². The SMILES string of the molecule is CCn1cc(-c2cnc3c(Nc4cc(CN5CCCC(C)C5)ns4)nc(C)cn23)cn1.O=CNc1cccc(C(F)(F)F)c1. The molecule has 1 saturated heterocycles. The van der Waals surface area contributed by atoms with Gasteiger partial charge >= 0.3 is 6.18 Å². The Labute approximate surface area is 257 Å². The van der Waals surface area contributed by atoms with E-state index in [1.54, 1.807) is 0 Å². The molecule has 1 amide bonds. The Morgan fingerprint density at radius 2 is 2.02 bits per heavy atom. The second-order valence-electron chi connectivity index (χ2n) is 10.8. The molecule has 1 atom stereocenters. The van der Waals surface area contributed by atoms with E-state index in [4.69, 9.17) is 4.98 Å². The summed E-state index contributed by atoms with van der Waals surface area (Å²) in [6.07, 6.45) is 6.39. The largest absolute Gasteiger partial charge is 0.416 e. The zero-order valence-corrected chi connectivity index (χ0v) is 25.5. The fourth-order valence-electron chi connectivity index (χ4n) is 5.15. The van der Waals surface area contributed by atoms with Gasteiger partial charge in [-0.1, -0.05) is 13.0 Å². The molecular formula is C30H34F3N9OS. The lowest BCUT2D eigenvalue weighted by molar-refractivity contribution is -0.137. The van der Waals surface area contributed by atoms with E-state index in [1.165, 1.54) is 36.5 Å². The average molecular weight is 626 g/mol. The first-order valence-corrected chi connectivity index (χ1v) is 15.1. The number of hydrogen-bond acceptors (Lipinski definition) is 8. The molecule has 1 aliphatic heterocycles. The van der Waals surface area contributed by atoms with Crippen LogP contribution in [0.4, 0.5) is 29.7 Å². The quantitative estimate of drug-likeness (QED) is 0.187. The van der Waals surface area contributed by atoms with Gasteiger partial charge in [0.2, 0.25) is 6.41 Å². The number of amides is 1. The molecule has 0 spiro atoms. The maximum Gasteiger partial charge on any atom is 0.416 e. The number of rotatable bonds is 8. The van der Waals surface area contributed by atoms with Gasteiger partial charge < -0.3 is 10.6 Å². The van der Waals surface area contributed by atoms with Crippen molar-refractivity contribution in [2.24, 2.45) is 5.92 Å². The first-order chi connectivity index (χ1) is 21.1. The van der Waals surface area contributed by atoms with Crippen LogP contribution in [0.3, 0.4) is 0 Å². The van der Waals surface area contributed by atoms with Crippen molar-refractivity contribution in [1.29, 1.82) is 0 Å². The van der Waals surface area contributed by atoms with Gasteiger partial charge in [-0.25, -0.2) is 9.97 Å². The van der Waals surface area contributed by atoms with Gasteiger partial charge in [-0.05, 0) is 74.9 Å². The van der Waals surface area contributed by atoms with Crippen LogP contribution in [0.2, 0.25) is 0 Å². The lowest BCUT2D eigenvalue weighted by atomic mass is 10.0. The Hall–Kier alpha value is -4.30. The molecule has 0 radical (unpaired) electrons. The zero-order chi connectivity index (χ0) is 31.3. The number of hydrogen-bond donors (Lipinski definition) is 2. The first-order valence-electron chi connectivity index (χ1n) is 14.3. The summed E-state index contributed by atoms with van der Waals surface area (Å²) in [5.74, 6) is 1.52. The first kappa shape index (κ1) is 31.1. The van der Waals surface area contributed by atoms with Crippen molar-refractivity contribution in [3.05, 3.63) is 72.1 Å². The summed E-state index contributed by atoms with van der Waals surface area (Å²) in [6, 6.07) is 6.56. The predicted octanol–water partition coefficient (Wildman–Crippen LogP) is 6.63. The molecule has 6 rings (SSSR count). The van der Waals surface area contributed by atoms with E-state index >= 15 is 0 Å². The molecule has 1 unspecified atom stereocenters. The Balaban J connectivity index is 0.000000249. The van der Waals surface area contributed by atoms with E-state index in [0.29, 0.717) is 6.41 Å². The highest BCUT2D eigenvalue weighted by atomic mass is 32.1. The monoisotopic (exact) mass is 625 g/mol. The lowest BCUT2D eigenvalue weighted by Crippen LogP contribution is -2.33. The highest BCUT2D eigenvalue weighted by Gasteiger charge is 2.30. The summed E-state index contributed by atoms with van der Waals surface area (Å²) in [4.78, 5) is 21.8. The van der Waals surface area contributed by atoms with E-state index < -0.39 is 11.7 Å². The van der Waals surface area contributed by atoms with Crippen LogP contribution in [-0.4, -0.2) is 52.9 Å². The minimum atomic E-state index is -4.37. The molecule has 1 aromatic carbocycles. The van der Waals surface area contributed by atoms with Crippen LogP contribution in [0, 0.1) is 12.8 Å². The fourth-order valence-corrected chi connectivity index (χ4v) is 5.81. The number of halogens is 3. The van der Waals surface area contributed by atoms with Gasteiger partial charge in [0.05, 0.1) is 35.0 Å². The van der Waals surface area contributed by atoms with Gasteiger partial charge in [-0.15, -0.1) is 0 Å². The van der Waals surface area contributed by atoms with Gasteiger partial charge in [0.15, 0.2) is 11.5 Å². The topological polar surface area (TPSA) is 105 Å². The summed E-state index contributed by atoms with van der Waals surface area (Å²) in [5, 5.41) is 11.0. The Morgan fingerprint density at radius 3 is 2.75 bits per heavy atom. The second kappa shape index (κ2) is 13.6. The summed E-state index contributed by atoms with van der Waals surface area (Å²) in [7, 11) is 0. The van der Waals surface area contributed by atoms with Gasteiger partial charge in [0.1, 0.15) is 5.00 Å². The van der Waals surface area contributed by atoms with Gasteiger partial charge in [-0.2, -0.15) is 22.6 Å². The van der Waals surface area contributed by atoms with Crippen molar-refractivity contribution in [2.45, 2.75) is 52.9 Å². The summed E-state index contributed by atoms with van der Waals surface area (Å²) < 4.78 is 44.9. The van der Waals surface area contributed by atoms with E-state index in [1.807, 2.05) is 36.4 Å². The van der Waals surface area contributed by atoms with Gasteiger partial charge in [-0.3, -0.25) is 18.8 Å². The molecule has 0 bridgehead atoms. The number of anilines is 3. The molecule has 4 aromatic heterocycles. The van der Waals surface area contributed by atoms with Crippen LogP contribution >= 0.6 is 11.5 Å². The van der Waals surface area contributed by atoms with Crippen molar-refractivity contribution < 1.29 is 18.0 Å². The standard InChI is InChI=1S/C22H28N8S.C8H6F3NO/c1-4-29-13-17(9-24-29)19-10-23-22-21(25-16(3)12-30(19)22)26-20-8-18(27-31-20)14-28-7-5-6-15(2)11-28;9-8(10,11)6-2-1-3-7(4-6)12-5-13/h8-10,12-13,15H,4-7,11,14H2,1-3H3,(H,25,26);1-5H,(H,12,13). The van der Waals surface area contributed by atoms with E-state index in [2.05, 4.69) is 54.3 Å². The Kier molecular flexibility index (Phi) is 9.59. The third-order valence-electron chi connectivity index (χ3n) is 7.21. The number of alkyl halides is 3. The van der Waals surface area contributed by atoms with Crippen LogP contribution in [0.15, 0.2) is 55.1 Å². The van der Waals surface area contributed by atoms with Crippen molar-refractivity contribution in [1.82, 2.24) is 33.4 Å². The molecule has 1 aliphatic rings. The number of carbonyl (C=O) groups is 1. The Morgan fingerprint density at radius 1 is 1.18 bits per heavy atom. The maximum atomic E-state index is 12.1. The Bertz CT molecular complexity index is 1710. The molecule has 10 nitrogen and oxygen atoms in total. The number of aromatic nitrogens is 6. The lowest BCUT2D eigenvalue weighted by Gasteiger charge is -2.30. The minimum absolute atomic E-state index is 0.129. The van der Waals surface area contributed by atoms with Gasteiger partial charge in [0, 0.05) is 43.3 Å². The fraction of sp³-hybridized carbons (Fsp3) is 0.367. The summed E-state index contributed by atoms with van der Waals surface area (Å²) in [6.45, 7) is 10.5. The van der Waals surface area contributed by atoms with Crippen LogP contribution in [0.1, 0.15) is 43.6 Å². The molecule has 2 N–H and O–H groups in total. The molecule has 14 heteroatoms. The van der Waals surface area contributed by atoms with Crippen molar-refractivity contribution in [3.63, 3.8) is 0 Å². The predicted molar refractivity (Wildman–Crippen MR) is 165 cm³/mol. The summed E-state index contributed by atoms with van der Waals surface area (Å²) >= 11 is 1.48. The molecule has 1 fully saturated rings. The summed E-state index contributed by atoms with van der Waals surface area (Å²) in [5.41, 5.74) is 4.23. The maximum absolute atomic E-state index is 12.1. The minimum Gasteiger partial charge on any atom is -0.329 e. The van der Waals surface area contributed by atoms with Crippen LogP contribution < -0.4 is 10.6 Å². The van der Waals surface area contributed by atoms with Crippen molar-refractivity contribution in [2.75, 3.05) is 23.7 Å². The number of fused-ring (bicyclic) bond motifs is 1. The van der Waals surface area contributed by atoms with Crippen molar-refractivity contribution >= 4 is 40.1 Å². The van der Waals surface area contributed by atoms with Crippen LogP contribution in [-0.2, 0) is 24.1 Å². The number of benzene rings is 1. The third-order valence-corrected chi connectivity index (χ3v) is 7.95. The molecular weight excluding hydrogens is 591 g/mol.